The molecular formula is C17H23N3O2. The van der Waals surface area contributed by atoms with Gasteiger partial charge in [0.25, 0.3) is 0 Å². The largest absolute Gasteiger partial charge is 0.461 e. The van der Waals surface area contributed by atoms with Crippen LogP contribution in [0.1, 0.15) is 51.4 Å². The zero-order chi connectivity index (χ0) is 14.9. The Labute approximate surface area is 130 Å². The van der Waals surface area contributed by atoms with Crippen molar-refractivity contribution in [1.82, 2.24) is 0 Å². The molecule has 0 aromatic carbocycles. The Morgan fingerprint density at radius 2 is 1.86 bits per heavy atom. The molecule has 0 bridgehead atoms. The van der Waals surface area contributed by atoms with Crippen molar-refractivity contribution < 1.29 is 9.53 Å². The number of azide groups is 1. The van der Waals surface area contributed by atoms with Gasteiger partial charge in [-0.1, -0.05) is 5.11 Å². The minimum absolute atomic E-state index is 0.101. The predicted molar refractivity (Wildman–Crippen MR) is 79.7 cm³/mol. The first-order chi connectivity index (χ1) is 10.7. The Hall–Kier alpha value is -1.22. The van der Waals surface area contributed by atoms with Crippen molar-refractivity contribution in [3.05, 3.63) is 10.4 Å². The molecule has 118 valence electrons. The van der Waals surface area contributed by atoms with Crippen LogP contribution in [0, 0.1) is 34.5 Å². The topological polar surface area (TPSA) is 75.1 Å². The van der Waals surface area contributed by atoms with Crippen molar-refractivity contribution in [1.29, 1.82) is 0 Å². The Morgan fingerprint density at radius 1 is 1.14 bits per heavy atom. The van der Waals surface area contributed by atoms with Gasteiger partial charge in [0.1, 0.15) is 6.10 Å². The summed E-state index contributed by atoms with van der Waals surface area (Å²) in [5.41, 5.74) is 9.69. The van der Waals surface area contributed by atoms with Gasteiger partial charge < -0.3 is 4.74 Å². The molecular weight excluding hydrogens is 278 g/mol. The Kier molecular flexibility index (Phi) is 2.52. The summed E-state index contributed by atoms with van der Waals surface area (Å²) in [6, 6.07) is 0. The number of carbonyl (C=O) groups is 1. The number of hydrogen-bond donors (Lipinski definition) is 0. The summed E-state index contributed by atoms with van der Waals surface area (Å²) in [4.78, 5) is 15.2. The first-order valence-electron chi connectivity index (χ1n) is 8.91. The number of rotatable bonds is 2. The van der Waals surface area contributed by atoms with Crippen LogP contribution in [0.3, 0.4) is 0 Å². The van der Waals surface area contributed by atoms with Crippen LogP contribution in [0.4, 0.5) is 0 Å². The van der Waals surface area contributed by atoms with Crippen LogP contribution >= 0.6 is 0 Å². The number of nitrogens with zero attached hydrogens (tertiary/aromatic N) is 3. The van der Waals surface area contributed by atoms with E-state index in [0.717, 1.165) is 12.3 Å². The molecule has 5 nitrogen and oxygen atoms in total. The van der Waals surface area contributed by atoms with Gasteiger partial charge in [-0.15, -0.1) is 0 Å². The highest BCUT2D eigenvalue weighted by molar-refractivity contribution is 5.75. The van der Waals surface area contributed by atoms with Gasteiger partial charge in [0.05, 0.1) is 5.92 Å². The molecule has 1 saturated heterocycles. The summed E-state index contributed by atoms with van der Waals surface area (Å²) >= 11 is 0. The van der Waals surface area contributed by atoms with Crippen LogP contribution < -0.4 is 0 Å². The highest BCUT2D eigenvalue weighted by Gasteiger charge is 2.69. The third-order valence-corrected chi connectivity index (χ3v) is 7.83. The lowest BCUT2D eigenvalue weighted by molar-refractivity contribution is -0.147. The van der Waals surface area contributed by atoms with Crippen molar-refractivity contribution in [3.63, 3.8) is 0 Å². The van der Waals surface area contributed by atoms with E-state index in [1.54, 1.807) is 0 Å². The molecule has 5 heteroatoms. The predicted octanol–water partition coefficient (Wildman–Crippen LogP) is 3.83. The summed E-state index contributed by atoms with van der Waals surface area (Å²) < 4.78 is 5.94. The molecule has 0 amide bonds. The maximum atomic E-state index is 12.4. The standard InChI is InChI=1S/C17H23N3O2/c18-20-19-9-11-10-1-3-16(5-6-16)12-2-4-17(7-8-17)13(12)14(10)22-15(11)21/h10-14H,1-9H2/t10-,11-,12+,13-,14-/m0/s1. The minimum atomic E-state index is -0.188. The second-order valence-electron chi connectivity index (χ2n) is 8.52. The average Bonchev–Trinajstić information content (AvgIpc) is 3.38. The van der Waals surface area contributed by atoms with E-state index in [0.29, 0.717) is 22.7 Å². The first-order valence-corrected chi connectivity index (χ1v) is 8.91. The smallest absolute Gasteiger partial charge is 0.309 e. The highest BCUT2D eigenvalue weighted by Crippen LogP contribution is 2.74. The van der Waals surface area contributed by atoms with Gasteiger partial charge in [-0.25, -0.2) is 0 Å². The van der Waals surface area contributed by atoms with E-state index in [9.17, 15) is 4.79 Å². The number of hydrogen-bond acceptors (Lipinski definition) is 3. The molecule has 0 N–H and O–H groups in total. The lowest BCUT2D eigenvalue weighted by Crippen LogP contribution is -2.35. The van der Waals surface area contributed by atoms with E-state index in [1.807, 2.05) is 0 Å². The summed E-state index contributed by atoms with van der Waals surface area (Å²) in [5, 5.41) is 3.70. The molecule has 2 spiro atoms. The van der Waals surface area contributed by atoms with E-state index < -0.39 is 0 Å². The molecule has 1 heterocycles. The molecule has 0 aromatic rings. The van der Waals surface area contributed by atoms with Gasteiger partial charge in [-0.2, -0.15) is 0 Å². The van der Waals surface area contributed by atoms with Crippen LogP contribution in [-0.2, 0) is 9.53 Å². The van der Waals surface area contributed by atoms with Crippen LogP contribution in [0.15, 0.2) is 5.11 Å². The number of carbonyl (C=O) groups excluding carboxylic acids is 1. The monoisotopic (exact) mass is 301 g/mol. The van der Waals surface area contributed by atoms with Crippen molar-refractivity contribution in [2.24, 2.45) is 39.6 Å². The summed E-state index contributed by atoms with van der Waals surface area (Å²) in [6.07, 6.45) is 10.6. The van der Waals surface area contributed by atoms with Gasteiger partial charge in [-0.05, 0) is 73.6 Å². The maximum absolute atomic E-state index is 12.4. The maximum Gasteiger partial charge on any atom is 0.309 e. The van der Waals surface area contributed by atoms with Crippen molar-refractivity contribution in [3.8, 4) is 0 Å². The Morgan fingerprint density at radius 3 is 2.55 bits per heavy atom. The van der Waals surface area contributed by atoms with Crippen molar-refractivity contribution in [2.75, 3.05) is 6.54 Å². The van der Waals surface area contributed by atoms with Crippen LogP contribution in [0.2, 0.25) is 0 Å². The summed E-state index contributed by atoms with van der Waals surface area (Å²) in [6.45, 7) is 0.286. The Balaban J connectivity index is 1.51. The van der Waals surface area contributed by atoms with Gasteiger partial charge in [-0.3, -0.25) is 4.79 Å². The van der Waals surface area contributed by atoms with E-state index in [2.05, 4.69) is 10.0 Å². The molecule has 22 heavy (non-hydrogen) atoms. The van der Waals surface area contributed by atoms with Gasteiger partial charge >= 0.3 is 5.97 Å². The average molecular weight is 301 g/mol. The quantitative estimate of drug-likeness (QED) is 0.336. The summed E-state index contributed by atoms with van der Waals surface area (Å²) in [7, 11) is 0. The van der Waals surface area contributed by atoms with Crippen LogP contribution in [-0.4, -0.2) is 18.6 Å². The zero-order valence-electron chi connectivity index (χ0n) is 12.9. The second-order valence-corrected chi connectivity index (χ2v) is 8.52. The van der Waals surface area contributed by atoms with Gasteiger partial charge in [0.15, 0.2) is 0 Å². The van der Waals surface area contributed by atoms with Gasteiger partial charge in [0, 0.05) is 23.3 Å². The molecule has 5 fully saturated rings. The number of esters is 1. The van der Waals surface area contributed by atoms with E-state index in [1.165, 1.54) is 44.9 Å². The van der Waals surface area contributed by atoms with E-state index in [-0.39, 0.29) is 24.5 Å². The molecule has 1 aliphatic heterocycles. The number of ether oxygens (including phenoxy) is 1. The third-order valence-electron chi connectivity index (χ3n) is 7.83. The van der Waals surface area contributed by atoms with Gasteiger partial charge in [0.2, 0.25) is 0 Å². The zero-order valence-corrected chi connectivity index (χ0v) is 12.9. The molecule has 5 rings (SSSR count). The molecule has 5 atom stereocenters. The molecule has 5 aliphatic rings. The Bertz CT molecular complexity index is 574. The molecule has 0 unspecified atom stereocenters. The van der Waals surface area contributed by atoms with Crippen molar-refractivity contribution in [2.45, 2.75) is 57.5 Å². The summed E-state index contributed by atoms with van der Waals surface area (Å²) in [5.74, 6) is 1.39. The van der Waals surface area contributed by atoms with E-state index in [4.69, 9.17) is 10.3 Å². The lowest BCUT2D eigenvalue weighted by atomic mass is 9.73. The fourth-order valence-corrected chi connectivity index (χ4v) is 6.40. The van der Waals surface area contributed by atoms with Crippen LogP contribution in [0.25, 0.3) is 10.4 Å². The fraction of sp³-hybridized carbons (Fsp3) is 0.941. The second kappa shape index (κ2) is 4.19. The normalized spacial score (nSPS) is 45.6. The molecule has 0 radical (unpaired) electrons. The number of fused-ring (bicyclic) bond motifs is 5. The molecule has 4 aliphatic carbocycles. The molecule has 0 aromatic heterocycles. The SMILES string of the molecule is [N-]=[N+]=NC[C@@H]1C(=O)O[C@H]2[C@H]1CCC1(CC1)[C@@H]1CCC3(CC3)[C@H]21. The van der Waals surface area contributed by atoms with E-state index >= 15 is 0 Å². The minimum Gasteiger partial charge on any atom is -0.461 e. The lowest BCUT2D eigenvalue weighted by Gasteiger charge is -2.33. The highest BCUT2D eigenvalue weighted by atomic mass is 16.6. The fourth-order valence-electron chi connectivity index (χ4n) is 6.40. The first kappa shape index (κ1) is 13.2. The van der Waals surface area contributed by atoms with Crippen molar-refractivity contribution >= 4 is 5.97 Å². The van der Waals surface area contributed by atoms with Crippen LogP contribution in [0.5, 0.6) is 0 Å². The third kappa shape index (κ3) is 1.61. The molecule has 4 saturated carbocycles.